The average molecular weight is 188 g/mol. The first-order valence-electron chi connectivity index (χ1n) is 4.66. The molecule has 0 spiro atoms. The van der Waals surface area contributed by atoms with Crippen molar-refractivity contribution in [3.8, 4) is 11.5 Å². The maximum atomic E-state index is 9.39. The lowest BCUT2D eigenvalue weighted by Gasteiger charge is -2.05. The zero-order valence-corrected chi connectivity index (χ0v) is 7.99. The maximum Gasteiger partial charge on any atom is 0.158 e. The molecule has 0 aliphatic heterocycles. The van der Waals surface area contributed by atoms with Gasteiger partial charge in [0.25, 0.3) is 0 Å². The Bertz CT molecular complexity index is 475. The SMILES string of the molecule is CCc1cccc2cc(O)c(O)cc12. The summed E-state index contributed by atoms with van der Waals surface area (Å²) in [5.74, 6) is -0.121. The van der Waals surface area contributed by atoms with Gasteiger partial charge in [0, 0.05) is 0 Å². The molecule has 2 heteroatoms. The molecular weight excluding hydrogens is 176 g/mol. The number of hydrogen-bond acceptors (Lipinski definition) is 2. The Balaban J connectivity index is 2.81. The van der Waals surface area contributed by atoms with Crippen LogP contribution >= 0.6 is 0 Å². The largest absolute Gasteiger partial charge is 0.504 e. The second-order valence-corrected chi connectivity index (χ2v) is 3.33. The predicted octanol–water partition coefficient (Wildman–Crippen LogP) is 2.81. The lowest BCUT2D eigenvalue weighted by Crippen LogP contribution is -1.83. The van der Waals surface area contributed by atoms with E-state index in [0.717, 1.165) is 17.2 Å². The van der Waals surface area contributed by atoms with Crippen molar-refractivity contribution in [1.29, 1.82) is 0 Å². The Kier molecular flexibility index (Phi) is 2.04. The van der Waals surface area contributed by atoms with Crippen LogP contribution < -0.4 is 0 Å². The minimum Gasteiger partial charge on any atom is -0.504 e. The average Bonchev–Trinajstić information content (AvgIpc) is 2.19. The first-order valence-corrected chi connectivity index (χ1v) is 4.66. The zero-order valence-electron chi connectivity index (χ0n) is 7.99. The minimum atomic E-state index is -0.0641. The molecule has 2 N–H and O–H groups in total. The van der Waals surface area contributed by atoms with Crippen molar-refractivity contribution in [2.45, 2.75) is 13.3 Å². The third kappa shape index (κ3) is 1.29. The molecule has 0 aliphatic rings. The smallest absolute Gasteiger partial charge is 0.158 e. The fraction of sp³-hybridized carbons (Fsp3) is 0.167. The van der Waals surface area contributed by atoms with Crippen molar-refractivity contribution < 1.29 is 10.2 Å². The van der Waals surface area contributed by atoms with Crippen LogP contribution in [0.5, 0.6) is 11.5 Å². The van der Waals surface area contributed by atoms with E-state index in [1.54, 1.807) is 12.1 Å². The van der Waals surface area contributed by atoms with Crippen LogP contribution in [-0.2, 0) is 6.42 Å². The van der Waals surface area contributed by atoms with Gasteiger partial charge in [-0.15, -0.1) is 0 Å². The van der Waals surface area contributed by atoms with Crippen LogP contribution in [0.15, 0.2) is 30.3 Å². The molecule has 0 atom stereocenters. The molecule has 0 saturated carbocycles. The quantitative estimate of drug-likeness (QED) is 0.675. The molecule has 2 nitrogen and oxygen atoms in total. The summed E-state index contributed by atoms with van der Waals surface area (Å²) in [6.07, 6.45) is 0.918. The van der Waals surface area contributed by atoms with Gasteiger partial charge in [0.2, 0.25) is 0 Å². The lowest BCUT2D eigenvalue weighted by atomic mass is 10.0. The summed E-state index contributed by atoms with van der Waals surface area (Å²) in [5, 5.41) is 20.7. The normalized spacial score (nSPS) is 10.6. The van der Waals surface area contributed by atoms with Gasteiger partial charge < -0.3 is 10.2 Å². The number of phenolic OH excluding ortho intramolecular Hbond substituents is 2. The molecular formula is C12H12O2. The summed E-state index contributed by atoms with van der Waals surface area (Å²) in [6, 6.07) is 9.11. The number of aromatic hydroxyl groups is 2. The van der Waals surface area contributed by atoms with E-state index in [2.05, 4.69) is 6.92 Å². The van der Waals surface area contributed by atoms with Gasteiger partial charge in [-0.3, -0.25) is 0 Å². The highest BCUT2D eigenvalue weighted by molar-refractivity contribution is 5.88. The first kappa shape index (κ1) is 8.88. The summed E-state index contributed by atoms with van der Waals surface area (Å²) < 4.78 is 0. The zero-order chi connectivity index (χ0) is 10.1. The molecule has 0 amide bonds. The summed E-state index contributed by atoms with van der Waals surface area (Å²) in [5.41, 5.74) is 1.18. The van der Waals surface area contributed by atoms with Crippen molar-refractivity contribution >= 4 is 10.8 Å². The third-order valence-corrected chi connectivity index (χ3v) is 2.45. The molecule has 0 heterocycles. The van der Waals surface area contributed by atoms with E-state index in [-0.39, 0.29) is 11.5 Å². The standard InChI is InChI=1S/C12H12O2/c1-2-8-4-3-5-9-6-11(13)12(14)7-10(8)9/h3-7,13-14H,2H2,1H3. The van der Waals surface area contributed by atoms with Gasteiger partial charge in [-0.2, -0.15) is 0 Å². The van der Waals surface area contributed by atoms with Crippen molar-refractivity contribution in [3.63, 3.8) is 0 Å². The van der Waals surface area contributed by atoms with E-state index in [1.807, 2.05) is 18.2 Å². The van der Waals surface area contributed by atoms with Crippen LogP contribution in [0.3, 0.4) is 0 Å². The molecule has 0 aromatic heterocycles. The van der Waals surface area contributed by atoms with Gasteiger partial charge in [0.1, 0.15) is 0 Å². The van der Waals surface area contributed by atoms with Crippen molar-refractivity contribution in [2.24, 2.45) is 0 Å². The molecule has 0 fully saturated rings. The van der Waals surface area contributed by atoms with Gasteiger partial charge in [0.05, 0.1) is 0 Å². The number of phenols is 2. The monoisotopic (exact) mass is 188 g/mol. The second-order valence-electron chi connectivity index (χ2n) is 3.33. The van der Waals surface area contributed by atoms with E-state index in [1.165, 1.54) is 5.56 Å². The number of hydrogen-bond donors (Lipinski definition) is 2. The van der Waals surface area contributed by atoms with E-state index >= 15 is 0 Å². The summed E-state index contributed by atoms with van der Waals surface area (Å²) in [4.78, 5) is 0. The molecule has 14 heavy (non-hydrogen) atoms. The number of fused-ring (bicyclic) bond motifs is 1. The fourth-order valence-corrected chi connectivity index (χ4v) is 1.67. The molecule has 0 aliphatic carbocycles. The summed E-state index contributed by atoms with van der Waals surface area (Å²) in [7, 11) is 0. The topological polar surface area (TPSA) is 40.5 Å². The Morgan fingerprint density at radius 2 is 1.79 bits per heavy atom. The first-order chi connectivity index (χ1) is 6.72. The van der Waals surface area contributed by atoms with Crippen LogP contribution in [0, 0.1) is 0 Å². The van der Waals surface area contributed by atoms with E-state index in [4.69, 9.17) is 0 Å². The Hall–Kier alpha value is -1.70. The lowest BCUT2D eigenvalue weighted by molar-refractivity contribution is 0.405. The van der Waals surface area contributed by atoms with Gasteiger partial charge >= 0.3 is 0 Å². The third-order valence-electron chi connectivity index (χ3n) is 2.45. The highest BCUT2D eigenvalue weighted by atomic mass is 16.3. The van der Waals surface area contributed by atoms with Crippen LogP contribution in [-0.4, -0.2) is 10.2 Å². The Morgan fingerprint density at radius 3 is 2.50 bits per heavy atom. The van der Waals surface area contributed by atoms with Crippen molar-refractivity contribution in [3.05, 3.63) is 35.9 Å². The second kappa shape index (κ2) is 3.22. The van der Waals surface area contributed by atoms with Crippen LogP contribution in [0.4, 0.5) is 0 Å². The maximum absolute atomic E-state index is 9.39. The highest BCUT2D eigenvalue weighted by Gasteiger charge is 2.04. The van der Waals surface area contributed by atoms with E-state index < -0.39 is 0 Å². The Labute approximate surface area is 82.4 Å². The molecule has 72 valence electrons. The van der Waals surface area contributed by atoms with Crippen LogP contribution in [0.2, 0.25) is 0 Å². The number of benzene rings is 2. The minimum absolute atomic E-state index is 0.0570. The highest BCUT2D eigenvalue weighted by Crippen LogP contribution is 2.31. The Morgan fingerprint density at radius 1 is 1.07 bits per heavy atom. The summed E-state index contributed by atoms with van der Waals surface area (Å²) >= 11 is 0. The molecule has 0 bridgehead atoms. The molecule has 0 unspecified atom stereocenters. The molecule has 2 aromatic rings. The van der Waals surface area contributed by atoms with Crippen molar-refractivity contribution in [1.82, 2.24) is 0 Å². The van der Waals surface area contributed by atoms with Gasteiger partial charge in [-0.25, -0.2) is 0 Å². The fourth-order valence-electron chi connectivity index (χ4n) is 1.67. The molecule has 0 radical (unpaired) electrons. The molecule has 2 rings (SSSR count). The predicted molar refractivity (Wildman–Crippen MR) is 56.7 cm³/mol. The van der Waals surface area contributed by atoms with Crippen LogP contribution in [0.25, 0.3) is 10.8 Å². The summed E-state index contributed by atoms with van der Waals surface area (Å²) in [6.45, 7) is 2.07. The number of aryl methyl sites for hydroxylation is 1. The molecule has 2 aromatic carbocycles. The van der Waals surface area contributed by atoms with Gasteiger partial charge in [-0.05, 0) is 34.9 Å². The van der Waals surface area contributed by atoms with Gasteiger partial charge in [-0.1, -0.05) is 25.1 Å². The van der Waals surface area contributed by atoms with E-state index in [9.17, 15) is 10.2 Å². The number of rotatable bonds is 1. The van der Waals surface area contributed by atoms with Crippen molar-refractivity contribution in [2.75, 3.05) is 0 Å². The van der Waals surface area contributed by atoms with E-state index in [0.29, 0.717) is 0 Å². The van der Waals surface area contributed by atoms with Crippen LogP contribution in [0.1, 0.15) is 12.5 Å². The molecule has 0 saturated heterocycles. The van der Waals surface area contributed by atoms with Gasteiger partial charge in [0.15, 0.2) is 11.5 Å².